The number of hydrogen-bond donors (Lipinski definition) is 1. The van der Waals surface area contributed by atoms with Gasteiger partial charge in [0, 0.05) is 32.3 Å². The molecule has 1 amide bonds. The van der Waals surface area contributed by atoms with Crippen molar-refractivity contribution in [3.05, 3.63) is 34.9 Å². The second-order valence-corrected chi connectivity index (χ2v) is 3.90. The summed E-state index contributed by atoms with van der Waals surface area (Å²) in [6.07, 6.45) is 4.51. The molecule has 2 heterocycles. The molecular formula is C10H12N6O3. The fraction of sp³-hybridized carbons (Fsp3) is 0.300. The number of hydrogen-bond acceptors (Lipinski definition) is 5. The number of aromatic nitrogens is 4. The lowest BCUT2D eigenvalue weighted by atomic mass is 10.4. The normalized spacial score (nSPS) is 10.4. The maximum absolute atomic E-state index is 11.6. The maximum Gasteiger partial charge on any atom is 0.381 e. The van der Waals surface area contributed by atoms with Crippen molar-refractivity contribution >= 4 is 17.5 Å². The first-order valence-electron chi connectivity index (χ1n) is 5.50. The summed E-state index contributed by atoms with van der Waals surface area (Å²) in [6, 6.07) is 1.68. The minimum absolute atomic E-state index is 0.185. The molecule has 9 nitrogen and oxygen atoms in total. The minimum Gasteiger partial charge on any atom is -0.358 e. The van der Waals surface area contributed by atoms with Crippen molar-refractivity contribution in [1.82, 2.24) is 19.3 Å². The number of carbonyl (C=O) groups is 1. The van der Waals surface area contributed by atoms with Gasteiger partial charge in [-0.3, -0.25) is 9.48 Å². The second-order valence-electron chi connectivity index (χ2n) is 3.90. The van der Waals surface area contributed by atoms with E-state index in [1.807, 2.05) is 0 Å². The van der Waals surface area contributed by atoms with E-state index in [-0.39, 0.29) is 18.1 Å². The summed E-state index contributed by atoms with van der Waals surface area (Å²) >= 11 is 0. The predicted molar refractivity (Wildman–Crippen MR) is 65.3 cm³/mol. The van der Waals surface area contributed by atoms with E-state index in [1.165, 1.54) is 17.1 Å². The van der Waals surface area contributed by atoms with E-state index in [4.69, 9.17) is 0 Å². The van der Waals surface area contributed by atoms with E-state index in [1.54, 1.807) is 24.0 Å². The Morgan fingerprint density at radius 2 is 2.37 bits per heavy atom. The van der Waals surface area contributed by atoms with E-state index in [0.717, 1.165) is 0 Å². The third-order valence-corrected chi connectivity index (χ3v) is 2.38. The number of aryl methyl sites for hydroxylation is 2. The third kappa shape index (κ3) is 3.37. The SMILES string of the molecule is Cn1ccc(NC(=O)CCn2cnc([N+](=O)[O-])c2)n1. The Balaban J connectivity index is 1.84. The van der Waals surface area contributed by atoms with E-state index in [2.05, 4.69) is 15.4 Å². The van der Waals surface area contributed by atoms with Gasteiger partial charge >= 0.3 is 5.82 Å². The first kappa shape index (κ1) is 12.7. The van der Waals surface area contributed by atoms with Crippen LogP contribution in [0.1, 0.15) is 6.42 Å². The molecule has 2 aromatic rings. The van der Waals surface area contributed by atoms with Crippen LogP contribution in [0.3, 0.4) is 0 Å². The van der Waals surface area contributed by atoms with Gasteiger partial charge in [0.05, 0.1) is 0 Å². The fourth-order valence-electron chi connectivity index (χ4n) is 1.48. The van der Waals surface area contributed by atoms with Crippen LogP contribution in [0.5, 0.6) is 0 Å². The van der Waals surface area contributed by atoms with Gasteiger partial charge in [-0.25, -0.2) is 0 Å². The molecule has 2 rings (SSSR count). The highest BCUT2D eigenvalue weighted by atomic mass is 16.6. The van der Waals surface area contributed by atoms with Gasteiger partial charge in [-0.15, -0.1) is 0 Å². The lowest BCUT2D eigenvalue weighted by Crippen LogP contribution is -2.14. The molecule has 0 unspecified atom stereocenters. The van der Waals surface area contributed by atoms with E-state index in [9.17, 15) is 14.9 Å². The van der Waals surface area contributed by atoms with Crippen LogP contribution in [0, 0.1) is 10.1 Å². The maximum atomic E-state index is 11.6. The molecule has 9 heteroatoms. The zero-order valence-electron chi connectivity index (χ0n) is 10.2. The van der Waals surface area contributed by atoms with Crippen molar-refractivity contribution < 1.29 is 9.72 Å². The van der Waals surface area contributed by atoms with Crippen LogP contribution in [0.25, 0.3) is 0 Å². The summed E-state index contributed by atoms with van der Waals surface area (Å²) in [6.45, 7) is 0.319. The topological polar surface area (TPSA) is 108 Å². The Morgan fingerprint density at radius 3 is 2.95 bits per heavy atom. The van der Waals surface area contributed by atoms with E-state index < -0.39 is 4.92 Å². The molecule has 0 radical (unpaired) electrons. The van der Waals surface area contributed by atoms with E-state index in [0.29, 0.717) is 12.4 Å². The van der Waals surface area contributed by atoms with Crippen molar-refractivity contribution in [1.29, 1.82) is 0 Å². The Kier molecular flexibility index (Phi) is 3.55. The summed E-state index contributed by atoms with van der Waals surface area (Å²) in [5, 5.41) is 17.1. The Morgan fingerprint density at radius 1 is 1.58 bits per heavy atom. The van der Waals surface area contributed by atoms with Gasteiger partial charge in [0.1, 0.15) is 6.20 Å². The molecule has 2 aromatic heterocycles. The standard InChI is InChI=1S/C10H12N6O3/c1-14-4-2-8(13-14)12-10(17)3-5-15-6-9(11-7-15)16(18)19/h2,4,6-7H,3,5H2,1H3,(H,12,13,17). The van der Waals surface area contributed by atoms with Crippen LogP contribution < -0.4 is 5.32 Å². The highest BCUT2D eigenvalue weighted by molar-refractivity contribution is 5.89. The molecule has 100 valence electrons. The second kappa shape index (κ2) is 5.29. The van der Waals surface area contributed by atoms with Gasteiger partial charge in [-0.05, 0) is 9.91 Å². The van der Waals surface area contributed by atoms with Gasteiger partial charge < -0.3 is 20.0 Å². The largest absolute Gasteiger partial charge is 0.381 e. The smallest absolute Gasteiger partial charge is 0.358 e. The van der Waals surface area contributed by atoms with Crippen LogP contribution in [-0.4, -0.2) is 30.2 Å². The Labute approximate surface area is 108 Å². The molecule has 0 bridgehead atoms. The summed E-state index contributed by atoms with van der Waals surface area (Å²) in [4.78, 5) is 25.1. The highest BCUT2D eigenvalue weighted by Gasteiger charge is 2.11. The summed E-state index contributed by atoms with van der Waals surface area (Å²) in [7, 11) is 1.75. The average Bonchev–Trinajstić information content (AvgIpc) is 2.96. The first-order valence-corrected chi connectivity index (χ1v) is 5.50. The van der Waals surface area contributed by atoms with E-state index >= 15 is 0 Å². The average molecular weight is 264 g/mol. The number of carbonyl (C=O) groups excluding carboxylic acids is 1. The van der Waals surface area contributed by atoms with Crippen molar-refractivity contribution in [3.8, 4) is 0 Å². The molecule has 0 saturated heterocycles. The summed E-state index contributed by atoms with van der Waals surface area (Å²) < 4.78 is 3.07. The molecule has 0 aliphatic carbocycles. The number of nitrogens with zero attached hydrogens (tertiary/aromatic N) is 5. The molecule has 1 N–H and O–H groups in total. The van der Waals surface area contributed by atoms with Crippen molar-refractivity contribution in [2.75, 3.05) is 5.32 Å². The van der Waals surface area contributed by atoms with Crippen molar-refractivity contribution in [2.24, 2.45) is 7.05 Å². The van der Waals surface area contributed by atoms with Gasteiger partial charge in [0.15, 0.2) is 5.82 Å². The predicted octanol–water partition coefficient (Wildman–Crippen LogP) is 0.554. The lowest BCUT2D eigenvalue weighted by Gasteiger charge is -2.01. The van der Waals surface area contributed by atoms with Gasteiger partial charge in [-0.1, -0.05) is 0 Å². The highest BCUT2D eigenvalue weighted by Crippen LogP contribution is 2.07. The molecule has 19 heavy (non-hydrogen) atoms. The first-order chi connectivity index (χ1) is 9.04. The van der Waals surface area contributed by atoms with Gasteiger partial charge in [-0.2, -0.15) is 5.10 Å². The van der Waals surface area contributed by atoms with Crippen molar-refractivity contribution in [2.45, 2.75) is 13.0 Å². The van der Waals surface area contributed by atoms with Crippen molar-refractivity contribution in [3.63, 3.8) is 0 Å². The van der Waals surface area contributed by atoms with Crippen LogP contribution in [0.4, 0.5) is 11.6 Å². The molecule has 0 saturated carbocycles. The fourth-order valence-corrected chi connectivity index (χ4v) is 1.48. The minimum atomic E-state index is -0.579. The Hall–Kier alpha value is -2.71. The molecule has 0 fully saturated rings. The number of amides is 1. The van der Waals surface area contributed by atoms with Crippen LogP contribution >= 0.6 is 0 Å². The number of rotatable bonds is 5. The zero-order chi connectivity index (χ0) is 13.8. The third-order valence-electron chi connectivity index (χ3n) is 2.38. The van der Waals surface area contributed by atoms with Gasteiger partial charge in [0.2, 0.25) is 12.2 Å². The molecule has 0 aromatic carbocycles. The Bertz CT molecular complexity index is 602. The number of nitro groups is 1. The number of imidazole rings is 1. The zero-order valence-corrected chi connectivity index (χ0v) is 10.2. The summed E-state index contributed by atoms with van der Waals surface area (Å²) in [5.74, 6) is 0.0318. The number of nitrogens with one attached hydrogen (secondary N) is 1. The van der Waals surface area contributed by atoms with Crippen LogP contribution in [0.2, 0.25) is 0 Å². The molecule has 0 atom stereocenters. The quantitative estimate of drug-likeness (QED) is 0.626. The van der Waals surface area contributed by atoms with Crippen LogP contribution in [-0.2, 0) is 18.4 Å². The molecular weight excluding hydrogens is 252 g/mol. The van der Waals surface area contributed by atoms with Crippen LogP contribution in [0.15, 0.2) is 24.8 Å². The molecule has 0 aliphatic rings. The monoisotopic (exact) mass is 264 g/mol. The molecule has 0 aliphatic heterocycles. The summed E-state index contributed by atoms with van der Waals surface area (Å²) in [5.41, 5.74) is 0. The van der Waals surface area contributed by atoms with Gasteiger partial charge in [0.25, 0.3) is 0 Å². The lowest BCUT2D eigenvalue weighted by molar-refractivity contribution is -0.389. The molecule has 0 spiro atoms. The number of anilines is 1.